The summed E-state index contributed by atoms with van der Waals surface area (Å²) < 4.78 is 26.8. The first-order valence-electron chi connectivity index (χ1n) is 11.0. The molecule has 2 aromatic carbocycles. The molecule has 3 rings (SSSR count). The number of halogens is 1. The molecule has 176 valence electrons. The van der Waals surface area contributed by atoms with E-state index in [2.05, 4.69) is 11.5 Å². The van der Waals surface area contributed by atoms with Crippen LogP contribution in [-0.4, -0.2) is 52.2 Å². The largest absolute Gasteiger partial charge is 0.439 e. The maximum Gasteiger partial charge on any atom is 0.227 e. The van der Waals surface area contributed by atoms with Crippen LogP contribution in [0.1, 0.15) is 25.1 Å². The summed E-state index contributed by atoms with van der Waals surface area (Å²) in [6, 6.07) is 15.7. The van der Waals surface area contributed by atoms with Gasteiger partial charge in [-0.2, -0.15) is 5.10 Å². The van der Waals surface area contributed by atoms with Gasteiger partial charge in [-0.05, 0) is 49.7 Å². The molecule has 0 aliphatic carbocycles. The molecular formula is C26H32FN3O3. The van der Waals surface area contributed by atoms with Gasteiger partial charge < -0.3 is 14.6 Å². The predicted octanol–water partition coefficient (Wildman–Crippen LogP) is 4.75. The third-order valence-electron chi connectivity index (χ3n) is 5.36. The van der Waals surface area contributed by atoms with E-state index in [1.54, 1.807) is 30.8 Å². The number of ether oxygens (including phenoxy) is 2. The van der Waals surface area contributed by atoms with Gasteiger partial charge in [0.05, 0.1) is 29.2 Å². The number of rotatable bonds is 12. The standard InChI is InChI=1S/C26H32FN3O3/c1-5-24-23(18-29(16-17-32-4)19-26(3,31)6-2)25(33-22-14-12-20(27)13-15-22)30(28-24)21-10-8-7-9-11-21/h6-15,31H,2,5,16-19H2,1,3-4H3. The second-order valence-corrected chi connectivity index (χ2v) is 8.15. The number of aliphatic hydroxyl groups is 1. The summed E-state index contributed by atoms with van der Waals surface area (Å²) >= 11 is 0. The van der Waals surface area contributed by atoms with Gasteiger partial charge in [0, 0.05) is 26.7 Å². The Morgan fingerprint density at radius 1 is 1.18 bits per heavy atom. The zero-order valence-electron chi connectivity index (χ0n) is 19.5. The number of hydrogen-bond donors (Lipinski definition) is 1. The Morgan fingerprint density at radius 3 is 2.48 bits per heavy atom. The van der Waals surface area contributed by atoms with Crippen molar-refractivity contribution in [1.29, 1.82) is 0 Å². The zero-order chi connectivity index (χ0) is 23.8. The lowest BCUT2D eigenvalue weighted by molar-refractivity contribution is 0.0462. The molecule has 1 unspecified atom stereocenters. The Morgan fingerprint density at radius 2 is 1.88 bits per heavy atom. The van der Waals surface area contributed by atoms with Crippen molar-refractivity contribution in [2.24, 2.45) is 0 Å². The summed E-state index contributed by atoms with van der Waals surface area (Å²) in [4.78, 5) is 2.09. The van der Waals surface area contributed by atoms with Gasteiger partial charge in [-0.15, -0.1) is 6.58 Å². The molecule has 0 aliphatic rings. The molecule has 1 heterocycles. The van der Waals surface area contributed by atoms with Gasteiger partial charge in [0.1, 0.15) is 11.6 Å². The number of methoxy groups -OCH3 is 1. The van der Waals surface area contributed by atoms with Crippen molar-refractivity contribution in [3.8, 4) is 17.3 Å². The summed E-state index contributed by atoms with van der Waals surface area (Å²) in [6.07, 6.45) is 2.24. The Hall–Kier alpha value is -3.00. The molecule has 0 fully saturated rings. The van der Waals surface area contributed by atoms with E-state index >= 15 is 0 Å². The third kappa shape index (κ3) is 6.51. The average Bonchev–Trinajstić information content (AvgIpc) is 3.16. The van der Waals surface area contributed by atoms with Crippen LogP contribution in [0.4, 0.5) is 4.39 Å². The van der Waals surface area contributed by atoms with Gasteiger partial charge >= 0.3 is 0 Å². The zero-order valence-corrected chi connectivity index (χ0v) is 19.5. The molecule has 0 saturated carbocycles. The molecule has 0 radical (unpaired) electrons. The van der Waals surface area contributed by atoms with Crippen molar-refractivity contribution in [2.45, 2.75) is 32.4 Å². The average molecular weight is 454 g/mol. The van der Waals surface area contributed by atoms with Crippen LogP contribution in [0.15, 0.2) is 67.3 Å². The summed E-state index contributed by atoms with van der Waals surface area (Å²) in [7, 11) is 1.65. The monoisotopic (exact) mass is 453 g/mol. The lowest BCUT2D eigenvalue weighted by Gasteiger charge is -2.29. The van der Waals surface area contributed by atoms with Crippen molar-refractivity contribution in [1.82, 2.24) is 14.7 Å². The number of benzene rings is 2. The van der Waals surface area contributed by atoms with E-state index in [-0.39, 0.29) is 5.82 Å². The normalized spacial score (nSPS) is 13.2. The number of aryl methyl sites for hydroxylation is 1. The smallest absolute Gasteiger partial charge is 0.227 e. The maximum atomic E-state index is 13.5. The molecular weight excluding hydrogens is 421 g/mol. The molecule has 0 aliphatic heterocycles. The molecule has 1 atom stereocenters. The van der Waals surface area contributed by atoms with Crippen molar-refractivity contribution >= 4 is 0 Å². The van der Waals surface area contributed by atoms with Gasteiger partial charge in [0.2, 0.25) is 5.88 Å². The fourth-order valence-electron chi connectivity index (χ4n) is 3.56. The Balaban J connectivity index is 2.06. The quantitative estimate of drug-likeness (QED) is 0.401. The van der Waals surface area contributed by atoms with E-state index in [1.807, 2.05) is 37.3 Å². The van der Waals surface area contributed by atoms with Crippen LogP contribution in [0.5, 0.6) is 11.6 Å². The Kier molecular flexibility index (Phi) is 8.38. The molecule has 0 saturated heterocycles. The molecule has 1 aromatic heterocycles. The van der Waals surface area contributed by atoms with E-state index in [1.165, 1.54) is 18.2 Å². The Labute approximate surface area is 194 Å². The molecule has 33 heavy (non-hydrogen) atoms. The minimum absolute atomic E-state index is 0.328. The van der Waals surface area contributed by atoms with Crippen molar-refractivity contribution < 1.29 is 19.0 Å². The van der Waals surface area contributed by atoms with Crippen molar-refractivity contribution in [3.05, 3.63) is 84.3 Å². The van der Waals surface area contributed by atoms with Gasteiger partial charge in [0.15, 0.2) is 0 Å². The highest BCUT2D eigenvalue weighted by Gasteiger charge is 2.26. The number of aromatic nitrogens is 2. The number of nitrogens with zero attached hydrogens (tertiary/aromatic N) is 3. The first-order chi connectivity index (χ1) is 15.9. The van der Waals surface area contributed by atoms with Crippen LogP contribution in [0.3, 0.4) is 0 Å². The lowest BCUT2D eigenvalue weighted by Crippen LogP contribution is -2.40. The van der Waals surface area contributed by atoms with E-state index in [9.17, 15) is 9.50 Å². The second-order valence-electron chi connectivity index (χ2n) is 8.15. The molecule has 1 N–H and O–H groups in total. The SMILES string of the molecule is C=CC(C)(O)CN(CCOC)Cc1c(CC)nn(-c2ccccc2)c1Oc1ccc(F)cc1. The summed E-state index contributed by atoms with van der Waals surface area (Å²) in [5.41, 5.74) is 1.59. The van der Waals surface area contributed by atoms with Gasteiger partial charge in [0.25, 0.3) is 0 Å². The first-order valence-corrected chi connectivity index (χ1v) is 11.0. The van der Waals surface area contributed by atoms with Gasteiger partial charge in [-0.25, -0.2) is 9.07 Å². The van der Waals surface area contributed by atoms with Crippen LogP contribution in [0, 0.1) is 5.82 Å². The summed E-state index contributed by atoms with van der Waals surface area (Å²) in [5, 5.41) is 15.5. The topological polar surface area (TPSA) is 59.8 Å². The minimum atomic E-state index is -1.06. The van der Waals surface area contributed by atoms with E-state index in [4.69, 9.17) is 14.6 Å². The van der Waals surface area contributed by atoms with Crippen LogP contribution < -0.4 is 4.74 Å². The van der Waals surface area contributed by atoms with E-state index in [0.29, 0.717) is 44.3 Å². The molecule has 0 spiro atoms. The first kappa shape index (κ1) is 24.6. The molecule has 0 amide bonds. The highest BCUT2D eigenvalue weighted by molar-refractivity contribution is 5.43. The van der Waals surface area contributed by atoms with Crippen molar-refractivity contribution in [3.63, 3.8) is 0 Å². The van der Waals surface area contributed by atoms with Crippen molar-refractivity contribution in [2.75, 3.05) is 26.8 Å². The fourth-order valence-corrected chi connectivity index (χ4v) is 3.56. The fraction of sp³-hybridized carbons (Fsp3) is 0.346. The van der Waals surface area contributed by atoms with Crippen LogP contribution in [0.25, 0.3) is 5.69 Å². The Bertz CT molecular complexity index is 1030. The van der Waals surface area contributed by atoms with E-state index in [0.717, 1.165) is 16.9 Å². The predicted molar refractivity (Wildman–Crippen MR) is 127 cm³/mol. The molecule has 6 nitrogen and oxygen atoms in total. The summed E-state index contributed by atoms with van der Waals surface area (Å²) in [5.74, 6) is 0.745. The third-order valence-corrected chi connectivity index (χ3v) is 5.36. The minimum Gasteiger partial charge on any atom is -0.439 e. The number of hydrogen-bond acceptors (Lipinski definition) is 5. The van der Waals surface area contributed by atoms with E-state index < -0.39 is 5.60 Å². The highest BCUT2D eigenvalue weighted by Crippen LogP contribution is 2.32. The number of para-hydroxylation sites is 1. The maximum absolute atomic E-state index is 13.5. The van der Waals surface area contributed by atoms with Crippen LogP contribution in [0.2, 0.25) is 0 Å². The van der Waals surface area contributed by atoms with Gasteiger partial charge in [-0.1, -0.05) is 31.2 Å². The molecule has 0 bridgehead atoms. The van der Waals surface area contributed by atoms with Crippen LogP contribution in [-0.2, 0) is 17.7 Å². The summed E-state index contributed by atoms with van der Waals surface area (Å²) in [6.45, 7) is 9.49. The lowest BCUT2D eigenvalue weighted by atomic mass is 10.1. The van der Waals surface area contributed by atoms with Gasteiger partial charge in [-0.3, -0.25) is 4.90 Å². The second kappa shape index (κ2) is 11.2. The highest BCUT2D eigenvalue weighted by atomic mass is 19.1. The van der Waals surface area contributed by atoms with Crippen LogP contribution >= 0.6 is 0 Å². The molecule has 3 aromatic rings. The molecule has 7 heteroatoms.